The van der Waals surface area contributed by atoms with Gasteiger partial charge in [0.25, 0.3) is 0 Å². The van der Waals surface area contributed by atoms with Crippen molar-refractivity contribution in [2.75, 3.05) is 26.2 Å². The number of hydrogen-bond donors (Lipinski definition) is 1. The molecule has 1 N–H and O–H groups in total. The van der Waals surface area contributed by atoms with Crippen molar-refractivity contribution >= 4 is 23.2 Å². The Balaban J connectivity index is 1.19. The molecule has 4 heterocycles. The van der Waals surface area contributed by atoms with Crippen LogP contribution in [0.3, 0.4) is 0 Å². The van der Waals surface area contributed by atoms with Crippen LogP contribution in [-0.2, 0) is 4.74 Å². The number of quaternary nitrogens is 1. The third-order valence-electron chi connectivity index (χ3n) is 7.93. The molecule has 1 aliphatic carbocycles. The average molecular weight is 496 g/mol. The maximum Gasteiger partial charge on any atom is 0.408 e. The monoisotopic (exact) mass is 495 g/mol. The first-order valence-corrected chi connectivity index (χ1v) is 12.7. The largest absolute Gasteiger partial charge is 0.436 e. The molecule has 3 aliphatic heterocycles. The third kappa shape index (κ3) is 3.94. The SMILES string of the molecule is O=C(N[C@]12C[N+]3(CC(=O)c4cccs4)CCC1C2C3)OC(c1cccc(F)c1)c1cccc(F)c1. The Hall–Kier alpha value is -3.10. The normalized spacial score (nSPS) is 28.1. The van der Waals surface area contributed by atoms with Crippen molar-refractivity contribution in [2.45, 2.75) is 18.1 Å². The van der Waals surface area contributed by atoms with Crippen molar-refractivity contribution in [3.05, 3.63) is 93.7 Å². The van der Waals surface area contributed by atoms with Gasteiger partial charge in [-0.1, -0.05) is 30.3 Å². The number of rotatable bonds is 7. The molecule has 4 fully saturated rings. The van der Waals surface area contributed by atoms with Crippen LogP contribution >= 0.6 is 11.3 Å². The summed E-state index contributed by atoms with van der Waals surface area (Å²) in [5.74, 6) is -0.0711. The van der Waals surface area contributed by atoms with Crippen LogP contribution in [0.1, 0.15) is 33.3 Å². The van der Waals surface area contributed by atoms with Gasteiger partial charge in [0.1, 0.15) is 30.3 Å². The van der Waals surface area contributed by atoms with Crippen LogP contribution in [0.2, 0.25) is 0 Å². The molecule has 5 nitrogen and oxygen atoms in total. The van der Waals surface area contributed by atoms with Crippen molar-refractivity contribution in [3.63, 3.8) is 0 Å². The lowest BCUT2D eigenvalue weighted by molar-refractivity contribution is -0.921. The van der Waals surface area contributed by atoms with Crippen molar-refractivity contribution < 1.29 is 27.6 Å². The van der Waals surface area contributed by atoms with Gasteiger partial charge in [0.15, 0.2) is 6.10 Å². The minimum atomic E-state index is -0.947. The third-order valence-corrected chi connectivity index (χ3v) is 8.84. The molecule has 4 bridgehead atoms. The number of nitrogens with one attached hydrogen (secondary N) is 1. The Morgan fingerprint density at radius 1 is 1.06 bits per heavy atom. The molecule has 4 aliphatic rings. The lowest BCUT2D eigenvalue weighted by Gasteiger charge is -2.41. The summed E-state index contributed by atoms with van der Waals surface area (Å²) in [7, 11) is 0. The van der Waals surface area contributed by atoms with E-state index in [0.717, 1.165) is 24.4 Å². The van der Waals surface area contributed by atoms with E-state index in [2.05, 4.69) is 5.32 Å². The van der Waals surface area contributed by atoms with Crippen LogP contribution in [-0.4, -0.2) is 48.1 Å². The number of hydrogen-bond acceptors (Lipinski definition) is 4. The Morgan fingerprint density at radius 3 is 2.40 bits per heavy atom. The topological polar surface area (TPSA) is 55.4 Å². The first-order valence-electron chi connectivity index (χ1n) is 11.8. The van der Waals surface area contributed by atoms with E-state index in [1.807, 2.05) is 17.5 Å². The van der Waals surface area contributed by atoms with Crippen LogP contribution in [0.15, 0.2) is 66.0 Å². The fourth-order valence-corrected chi connectivity index (χ4v) is 7.10. The van der Waals surface area contributed by atoms with Gasteiger partial charge < -0.3 is 14.5 Å². The highest BCUT2D eigenvalue weighted by Gasteiger charge is 2.78. The Morgan fingerprint density at radius 2 is 1.77 bits per heavy atom. The second kappa shape index (κ2) is 8.24. The second-order valence-corrected chi connectivity index (χ2v) is 11.0. The maximum absolute atomic E-state index is 13.9. The molecule has 4 atom stereocenters. The molecular formula is C27H25F2N2O3S+. The number of Topliss-reactive ketones (excluding diaryl/α,β-unsaturated/α-hetero) is 1. The van der Waals surface area contributed by atoms with E-state index in [9.17, 15) is 18.4 Å². The van der Waals surface area contributed by atoms with E-state index in [1.165, 1.54) is 47.7 Å². The first kappa shape index (κ1) is 22.4. The first-order chi connectivity index (χ1) is 16.9. The Bertz CT molecular complexity index is 1250. The quantitative estimate of drug-likeness (QED) is 0.373. The summed E-state index contributed by atoms with van der Waals surface area (Å²) in [6.45, 7) is 2.96. The summed E-state index contributed by atoms with van der Waals surface area (Å²) < 4.78 is 34.4. The van der Waals surface area contributed by atoms with E-state index in [4.69, 9.17) is 4.74 Å². The van der Waals surface area contributed by atoms with E-state index in [-0.39, 0.29) is 11.3 Å². The number of thiophene rings is 1. The molecule has 0 radical (unpaired) electrons. The van der Waals surface area contributed by atoms with Gasteiger partial charge in [-0.3, -0.25) is 4.79 Å². The van der Waals surface area contributed by atoms with Gasteiger partial charge in [-0.15, -0.1) is 11.3 Å². The van der Waals surface area contributed by atoms with Gasteiger partial charge in [0.2, 0.25) is 5.78 Å². The molecule has 3 unspecified atom stereocenters. The number of carbonyl (C=O) groups is 2. The number of benzene rings is 2. The average Bonchev–Trinajstić information content (AvgIpc) is 3.17. The predicted octanol–water partition coefficient (Wildman–Crippen LogP) is 4.94. The minimum absolute atomic E-state index is 0.148. The molecule has 0 spiro atoms. The van der Waals surface area contributed by atoms with Gasteiger partial charge >= 0.3 is 6.09 Å². The number of amides is 1. The molecule has 3 aromatic rings. The summed E-state index contributed by atoms with van der Waals surface area (Å²) in [4.78, 5) is 26.8. The number of nitrogens with zero attached hydrogens (tertiary/aromatic N) is 1. The predicted molar refractivity (Wildman–Crippen MR) is 127 cm³/mol. The second-order valence-electron chi connectivity index (χ2n) is 10.0. The van der Waals surface area contributed by atoms with Crippen LogP contribution < -0.4 is 5.32 Å². The Kier molecular flexibility index (Phi) is 5.27. The minimum Gasteiger partial charge on any atom is -0.436 e. The zero-order valence-electron chi connectivity index (χ0n) is 19.0. The smallest absolute Gasteiger partial charge is 0.408 e. The Labute approximate surface area is 205 Å². The van der Waals surface area contributed by atoms with E-state index >= 15 is 0 Å². The van der Waals surface area contributed by atoms with Gasteiger partial charge in [0.05, 0.1) is 18.0 Å². The standard InChI is InChI=1S/C27H24F2N2O3S/c28-19-6-1-4-17(12-19)25(18-5-2-7-20(29)13-18)34-26(33)30-27-16-31(10-9-21(27)22(27)14-31)15-23(32)24-8-3-11-35-24/h1-8,11-13,21-22,25H,9-10,14-16H2/p+1/t21?,22?,27-,31?/m1/s1. The summed E-state index contributed by atoms with van der Waals surface area (Å²) in [6.07, 6.45) is -0.597. The number of piperidine rings is 3. The summed E-state index contributed by atoms with van der Waals surface area (Å²) in [5, 5.41) is 5.03. The van der Waals surface area contributed by atoms with Crippen molar-refractivity contribution in [1.29, 1.82) is 0 Å². The maximum atomic E-state index is 13.9. The highest BCUT2D eigenvalue weighted by atomic mass is 32.1. The molecule has 8 heteroatoms. The number of halogens is 2. The number of fused-ring (bicyclic) bond motifs is 1. The van der Waals surface area contributed by atoms with Crippen LogP contribution in [0.5, 0.6) is 0 Å². The van der Waals surface area contributed by atoms with Crippen LogP contribution in [0, 0.1) is 23.5 Å². The molecule has 35 heavy (non-hydrogen) atoms. The highest BCUT2D eigenvalue weighted by Crippen LogP contribution is 2.63. The molecule has 7 rings (SSSR count). The highest BCUT2D eigenvalue weighted by molar-refractivity contribution is 7.12. The molecule has 1 amide bonds. The van der Waals surface area contributed by atoms with Gasteiger partial charge in [-0.2, -0.15) is 0 Å². The van der Waals surface area contributed by atoms with E-state index in [1.54, 1.807) is 12.1 Å². The molecule has 1 saturated carbocycles. The lowest BCUT2D eigenvalue weighted by atomic mass is 10.0. The van der Waals surface area contributed by atoms with Gasteiger partial charge in [-0.05, 0) is 46.8 Å². The lowest BCUT2D eigenvalue weighted by Crippen LogP contribution is -2.59. The zero-order chi connectivity index (χ0) is 24.2. The summed E-state index contributed by atoms with van der Waals surface area (Å²) in [5.41, 5.74) is 0.481. The van der Waals surface area contributed by atoms with Crippen molar-refractivity contribution in [3.8, 4) is 0 Å². The molecule has 2 aromatic carbocycles. The fraction of sp³-hybridized carbons (Fsp3) is 0.333. The number of ketones is 1. The number of alkyl carbamates (subject to hydrolysis) is 1. The van der Waals surface area contributed by atoms with Crippen molar-refractivity contribution in [1.82, 2.24) is 5.32 Å². The fourth-order valence-electron chi connectivity index (χ4n) is 6.45. The molecule has 3 saturated heterocycles. The molecular weight excluding hydrogens is 470 g/mol. The van der Waals surface area contributed by atoms with Crippen LogP contribution in [0.25, 0.3) is 0 Å². The zero-order valence-corrected chi connectivity index (χ0v) is 19.8. The number of ether oxygens (including phenoxy) is 1. The molecule has 180 valence electrons. The number of carbonyl (C=O) groups excluding carboxylic acids is 2. The van der Waals surface area contributed by atoms with Crippen LogP contribution in [0.4, 0.5) is 13.6 Å². The summed E-state index contributed by atoms with van der Waals surface area (Å²) in [6, 6.07) is 15.3. The van der Waals surface area contributed by atoms with Gasteiger partial charge in [0, 0.05) is 18.3 Å². The van der Waals surface area contributed by atoms with Crippen molar-refractivity contribution in [2.24, 2.45) is 11.8 Å². The van der Waals surface area contributed by atoms with E-state index < -0.39 is 23.8 Å². The van der Waals surface area contributed by atoms with E-state index in [0.29, 0.717) is 40.5 Å². The van der Waals surface area contributed by atoms with Gasteiger partial charge in [-0.25, -0.2) is 13.6 Å². The summed E-state index contributed by atoms with van der Waals surface area (Å²) >= 11 is 1.46. The molecule has 1 aromatic heterocycles.